The van der Waals surface area contributed by atoms with Gasteiger partial charge in [0, 0.05) is 6.54 Å². The minimum absolute atomic E-state index is 0.549. The van der Waals surface area contributed by atoms with Gasteiger partial charge in [-0.2, -0.15) is 0 Å². The van der Waals surface area contributed by atoms with E-state index in [-0.39, 0.29) is 0 Å². The molecule has 5 heteroatoms. The van der Waals surface area contributed by atoms with Crippen molar-refractivity contribution >= 4 is 22.5 Å². The molecule has 0 saturated carbocycles. The molecule has 5 nitrogen and oxygen atoms in total. The van der Waals surface area contributed by atoms with E-state index in [9.17, 15) is 0 Å². The maximum Gasteiger partial charge on any atom is 0.149 e. The molecule has 0 spiro atoms. The van der Waals surface area contributed by atoms with Crippen LogP contribution in [0.1, 0.15) is 31.8 Å². The molecular weight excluding hydrogens is 214 g/mol. The summed E-state index contributed by atoms with van der Waals surface area (Å²) < 4.78 is 0. The maximum atomic E-state index is 5.88. The van der Waals surface area contributed by atoms with E-state index in [1.54, 1.807) is 0 Å². The number of nitrogens with zero attached hydrogens (tertiary/aromatic N) is 2. The van der Waals surface area contributed by atoms with Crippen molar-refractivity contribution in [3.05, 3.63) is 11.5 Å². The van der Waals surface area contributed by atoms with Gasteiger partial charge in [-0.3, -0.25) is 0 Å². The molecule has 3 heterocycles. The topological polar surface area (TPSA) is 79.6 Å². The third kappa shape index (κ3) is 1.92. The quantitative estimate of drug-likeness (QED) is 0.652. The largest absolute Gasteiger partial charge is 0.382 e. The summed E-state index contributed by atoms with van der Waals surface area (Å²) in [5.74, 6) is 1.42. The molecule has 0 fully saturated rings. The third-order valence-corrected chi connectivity index (χ3v) is 2.75. The molecule has 0 bridgehead atoms. The third-order valence-electron chi connectivity index (χ3n) is 2.75. The van der Waals surface area contributed by atoms with Crippen molar-refractivity contribution in [3.8, 4) is 0 Å². The molecule has 0 aliphatic carbocycles. The highest BCUT2D eigenvalue weighted by Crippen LogP contribution is 2.30. The van der Waals surface area contributed by atoms with Gasteiger partial charge >= 0.3 is 0 Å². The first-order chi connectivity index (χ1) is 8.25. The highest BCUT2D eigenvalue weighted by Gasteiger charge is 2.17. The average Bonchev–Trinajstić information content (AvgIpc) is 2.75. The fraction of sp³-hybridized carbons (Fsp3) is 0.500. The zero-order valence-electron chi connectivity index (χ0n) is 10.6. The van der Waals surface area contributed by atoms with Crippen LogP contribution in [0.3, 0.4) is 0 Å². The second kappa shape index (κ2) is 4.61. The van der Waals surface area contributed by atoms with Crippen LogP contribution >= 0.6 is 0 Å². The van der Waals surface area contributed by atoms with Crippen molar-refractivity contribution in [2.24, 2.45) is 0 Å². The lowest BCUT2D eigenvalue weighted by Gasteiger charge is -2.17. The fourth-order valence-electron chi connectivity index (χ4n) is 2.09. The summed E-state index contributed by atoms with van der Waals surface area (Å²) in [6.07, 6.45) is 2.09. The van der Waals surface area contributed by atoms with Gasteiger partial charge in [-0.05, 0) is 19.8 Å². The van der Waals surface area contributed by atoms with E-state index in [0.29, 0.717) is 5.82 Å². The number of pyridine rings is 1. The predicted molar refractivity (Wildman–Crippen MR) is 71.2 cm³/mol. The molecule has 0 atom stereocenters. The van der Waals surface area contributed by atoms with Gasteiger partial charge < -0.3 is 16.0 Å². The number of fused-ring (bicyclic) bond motifs is 3. The van der Waals surface area contributed by atoms with E-state index >= 15 is 0 Å². The van der Waals surface area contributed by atoms with Crippen LogP contribution in [0.25, 0.3) is 11.0 Å². The Labute approximate surface area is 101 Å². The van der Waals surface area contributed by atoms with Gasteiger partial charge in [0.25, 0.3) is 0 Å². The van der Waals surface area contributed by atoms with Crippen LogP contribution in [0.2, 0.25) is 0 Å². The van der Waals surface area contributed by atoms with Crippen LogP contribution in [0.5, 0.6) is 0 Å². The fourth-order valence-corrected chi connectivity index (χ4v) is 2.09. The van der Waals surface area contributed by atoms with Crippen molar-refractivity contribution in [1.82, 2.24) is 15.0 Å². The Morgan fingerprint density at radius 2 is 2.00 bits per heavy atom. The number of hydrogen-bond donors (Lipinski definition) is 3. The SMILES string of the molecule is CC.Cc1nc2c3c(nc(N)c2[nH]1)CCCN3. The number of aryl methyl sites for hydroxylation is 2. The summed E-state index contributed by atoms with van der Waals surface area (Å²) in [4.78, 5) is 12.0. The predicted octanol–water partition coefficient (Wildman–Crippen LogP) is 2.23. The van der Waals surface area contributed by atoms with Crippen LogP contribution in [0.4, 0.5) is 11.5 Å². The summed E-state index contributed by atoms with van der Waals surface area (Å²) >= 11 is 0. The van der Waals surface area contributed by atoms with Crippen molar-refractivity contribution in [2.45, 2.75) is 33.6 Å². The lowest BCUT2D eigenvalue weighted by Crippen LogP contribution is -2.14. The second-order valence-corrected chi connectivity index (χ2v) is 3.89. The zero-order valence-corrected chi connectivity index (χ0v) is 10.6. The molecule has 92 valence electrons. The molecule has 0 unspecified atom stereocenters. The highest BCUT2D eigenvalue weighted by molar-refractivity contribution is 5.95. The van der Waals surface area contributed by atoms with E-state index in [1.807, 2.05) is 20.8 Å². The van der Waals surface area contributed by atoms with Gasteiger partial charge in [0.1, 0.15) is 22.7 Å². The first kappa shape index (κ1) is 11.7. The maximum absolute atomic E-state index is 5.88. The number of imidazole rings is 1. The van der Waals surface area contributed by atoms with E-state index < -0.39 is 0 Å². The van der Waals surface area contributed by atoms with Gasteiger partial charge in [-0.25, -0.2) is 9.97 Å². The standard InChI is InChI=1S/C10H13N5.C2H6/c1-5-13-8-7-6(3-2-4-12-7)15-10(11)9(8)14-5;1-2/h12H,2-4H2,1H3,(H2,11,15)(H,13,14);1-2H3. The number of H-pyrrole nitrogens is 1. The molecule has 0 saturated heterocycles. The summed E-state index contributed by atoms with van der Waals surface area (Å²) in [6.45, 7) is 6.91. The van der Waals surface area contributed by atoms with Gasteiger partial charge in [0.05, 0.1) is 11.4 Å². The van der Waals surface area contributed by atoms with E-state index in [2.05, 4.69) is 20.3 Å². The van der Waals surface area contributed by atoms with Gasteiger partial charge in [0.15, 0.2) is 0 Å². The Balaban J connectivity index is 0.000000514. The lowest BCUT2D eigenvalue weighted by molar-refractivity contribution is 0.806. The molecule has 0 amide bonds. The highest BCUT2D eigenvalue weighted by atomic mass is 15.0. The summed E-state index contributed by atoms with van der Waals surface area (Å²) in [5.41, 5.74) is 9.75. The number of hydrogen-bond acceptors (Lipinski definition) is 4. The molecule has 3 rings (SSSR count). The molecule has 0 aromatic carbocycles. The molecule has 0 radical (unpaired) electrons. The number of anilines is 2. The normalized spacial score (nSPS) is 13.6. The Bertz CT molecular complexity index is 529. The average molecular weight is 233 g/mol. The monoisotopic (exact) mass is 233 g/mol. The van der Waals surface area contributed by atoms with Gasteiger partial charge in [-0.15, -0.1) is 0 Å². The Morgan fingerprint density at radius 1 is 1.24 bits per heavy atom. The molecular formula is C12H19N5. The number of nitrogens with two attached hydrogens (primary N) is 1. The van der Waals surface area contributed by atoms with Gasteiger partial charge in [-0.1, -0.05) is 13.8 Å². The van der Waals surface area contributed by atoms with E-state index in [0.717, 1.165) is 47.6 Å². The van der Waals surface area contributed by atoms with Crippen molar-refractivity contribution < 1.29 is 0 Å². The number of aromatic amines is 1. The number of nitrogen functional groups attached to an aromatic ring is 1. The van der Waals surface area contributed by atoms with Crippen LogP contribution in [-0.2, 0) is 6.42 Å². The van der Waals surface area contributed by atoms with Crippen LogP contribution < -0.4 is 11.1 Å². The Kier molecular flexibility index (Phi) is 3.17. The zero-order chi connectivity index (χ0) is 12.4. The van der Waals surface area contributed by atoms with Crippen LogP contribution in [-0.4, -0.2) is 21.5 Å². The molecule has 1 aliphatic heterocycles. The number of rotatable bonds is 0. The second-order valence-electron chi connectivity index (χ2n) is 3.89. The minimum atomic E-state index is 0.549. The number of aromatic nitrogens is 3. The van der Waals surface area contributed by atoms with Crippen LogP contribution in [0, 0.1) is 6.92 Å². The van der Waals surface area contributed by atoms with Gasteiger partial charge in [0.2, 0.25) is 0 Å². The summed E-state index contributed by atoms with van der Waals surface area (Å²) in [5, 5.41) is 3.35. The van der Waals surface area contributed by atoms with E-state index in [1.165, 1.54) is 0 Å². The first-order valence-electron chi connectivity index (χ1n) is 6.14. The number of nitrogens with one attached hydrogen (secondary N) is 2. The van der Waals surface area contributed by atoms with Crippen molar-refractivity contribution in [1.29, 1.82) is 0 Å². The van der Waals surface area contributed by atoms with Crippen molar-refractivity contribution in [3.63, 3.8) is 0 Å². The van der Waals surface area contributed by atoms with E-state index in [4.69, 9.17) is 5.73 Å². The lowest BCUT2D eigenvalue weighted by atomic mass is 10.1. The van der Waals surface area contributed by atoms with Crippen LogP contribution in [0.15, 0.2) is 0 Å². The molecule has 2 aromatic heterocycles. The molecule has 1 aliphatic rings. The summed E-state index contributed by atoms with van der Waals surface area (Å²) in [7, 11) is 0. The minimum Gasteiger partial charge on any atom is -0.382 e. The Morgan fingerprint density at radius 3 is 2.76 bits per heavy atom. The molecule has 2 aromatic rings. The Hall–Kier alpha value is -1.78. The molecule has 17 heavy (non-hydrogen) atoms. The summed E-state index contributed by atoms with van der Waals surface area (Å²) in [6, 6.07) is 0. The molecule has 4 N–H and O–H groups in total. The first-order valence-corrected chi connectivity index (χ1v) is 6.14. The smallest absolute Gasteiger partial charge is 0.149 e. The van der Waals surface area contributed by atoms with Crippen molar-refractivity contribution in [2.75, 3.05) is 17.6 Å².